The van der Waals surface area contributed by atoms with E-state index in [2.05, 4.69) is 8.80 Å². The van der Waals surface area contributed by atoms with Crippen molar-refractivity contribution >= 4 is 65.3 Å². The Morgan fingerprint density at radius 2 is 0.971 bits per heavy atom. The average molecular weight is 543 g/mol. The molecule has 0 unspecified atom stereocenters. The summed E-state index contributed by atoms with van der Waals surface area (Å²) in [5.41, 5.74) is 12.2. The molecule has 2 aromatic carbocycles. The summed E-state index contributed by atoms with van der Waals surface area (Å²) in [4.78, 5) is 3.86. The molecule has 1 aliphatic heterocycles. The molecule has 0 radical (unpaired) electrons. The fraction of sp³-hybridized carbons (Fsp3) is 0.300. The van der Waals surface area contributed by atoms with Gasteiger partial charge in [0, 0.05) is 37.6 Å². The summed E-state index contributed by atoms with van der Waals surface area (Å²) in [7, 11) is -7.78. The van der Waals surface area contributed by atoms with Gasteiger partial charge in [0.15, 0.2) is 10.3 Å². The maximum atomic E-state index is 12.7. The summed E-state index contributed by atoms with van der Waals surface area (Å²) >= 11 is 2.47. The van der Waals surface area contributed by atoms with E-state index in [-0.39, 0.29) is 9.79 Å². The Morgan fingerprint density at radius 3 is 1.24 bits per heavy atom. The van der Waals surface area contributed by atoms with E-state index < -0.39 is 20.0 Å². The maximum Gasteiger partial charge on any atom is 0.284 e. The van der Waals surface area contributed by atoms with Crippen LogP contribution in [0.5, 0.6) is 0 Å². The van der Waals surface area contributed by atoms with Crippen LogP contribution in [0.1, 0.15) is 0 Å². The van der Waals surface area contributed by atoms with Gasteiger partial charge >= 0.3 is 0 Å². The number of amidine groups is 2. The van der Waals surface area contributed by atoms with Crippen molar-refractivity contribution in [3.63, 3.8) is 0 Å². The number of benzene rings is 2. The quantitative estimate of drug-likeness (QED) is 0.333. The largest absolute Gasteiger partial charge is 0.399 e. The van der Waals surface area contributed by atoms with Crippen molar-refractivity contribution in [1.82, 2.24) is 9.80 Å². The highest BCUT2D eigenvalue weighted by Crippen LogP contribution is 2.21. The number of thioether (sulfide) groups is 2. The molecular weight excluding hydrogens is 517 g/mol. The molecule has 0 aliphatic carbocycles. The van der Waals surface area contributed by atoms with E-state index in [1.807, 2.05) is 9.80 Å². The highest BCUT2D eigenvalue weighted by atomic mass is 32.2. The van der Waals surface area contributed by atoms with Crippen LogP contribution in [0.2, 0.25) is 0 Å². The van der Waals surface area contributed by atoms with Crippen molar-refractivity contribution in [1.29, 1.82) is 0 Å². The van der Waals surface area contributed by atoms with Gasteiger partial charge in [0.2, 0.25) is 0 Å². The van der Waals surface area contributed by atoms with Crippen LogP contribution in [-0.2, 0) is 20.0 Å². The van der Waals surface area contributed by atoms with Crippen LogP contribution in [0.3, 0.4) is 0 Å². The molecule has 0 saturated carbocycles. The third-order valence-corrected chi connectivity index (χ3v) is 9.16. The molecule has 14 heteroatoms. The first-order valence-corrected chi connectivity index (χ1v) is 15.4. The predicted octanol–water partition coefficient (Wildman–Crippen LogP) is 1.98. The van der Waals surface area contributed by atoms with E-state index in [0.29, 0.717) is 47.9 Å². The molecule has 184 valence electrons. The van der Waals surface area contributed by atoms with Crippen LogP contribution >= 0.6 is 23.5 Å². The minimum Gasteiger partial charge on any atom is -0.399 e. The average Bonchev–Trinajstić information content (AvgIpc) is 2.82. The number of hydrogen-bond acceptors (Lipinski definition) is 8. The van der Waals surface area contributed by atoms with E-state index in [0.717, 1.165) is 0 Å². The van der Waals surface area contributed by atoms with E-state index in [4.69, 9.17) is 11.5 Å². The van der Waals surface area contributed by atoms with E-state index in [9.17, 15) is 16.8 Å². The first kappa shape index (κ1) is 26.2. The summed E-state index contributed by atoms with van der Waals surface area (Å²) in [5, 5.41) is 0.738. The van der Waals surface area contributed by atoms with Crippen molar-refractivity contribution in [3.05, 3.63) is 48.5 Å². The molecule has 0 aromatic heterocycles. The Balaban J connectivity index is 1.74. The number of piperazine rings is 1. The molecular formula is C20H26N6O4S4. The van der Waals surface area contributed by atoms with E-state index in [1.165, 1.54) is 72.1 Å². The number of rotatable bonds is 4. The molecule has 1 heterocycles. The lowest BCUT2D eigenvalue weighted by Crippen LogP contribution is -2.49. The topological polar surface area (TPSA) is 152 Å². The summed E-state index contributed by atoms with van der Waals surface area (Å²) in [6, 6.07) is 11.8. The Kier molecular flexibility index (Phi) is 8.38. The van der Waals surface area contributed by atoms with Crippen LogP contribution in [0, 0.1) is 0 Å². The zero-order valence-corrected chi connectivity index (χ0v) is 21.9. The highest BCUT2D eigenvalue weighted by molar-refractivity contribution is 8.14. The lowest BCUT2D eigenvalue weighted by molar-refractivity contribution is 0.266. The van der Waals surface area contributed by atoms with Gasteiger partial charge < -0.3 is 21.3 Å². The van der Waals surface area contributed by atoms with Gasteiger partial charge in [0.1, 0.15) is 0 Å². The second kappa shape index (κ2) is 10.9. The number of sulfonamides is 2. The third-order valence-electron chi connectivity index (χ3n) is 4.94. The number of hydrogen-bond donors (Lipinski definition) is 2. The molecule has 0 bridgehead atoms. The Labute approximate surface area is 208 Å². The van der Waals surface area contributed by atoms with Crippen LogP contribution in [0.25, 0.3) is 0 Å². The van der Waals surface area contributed by atoms with Gasteiger partial charge in [-0.05, 0) is 61.0 Å². The highest BCUT2D eigenvalue weighted by Gasteiger charge is 2.25. The summed E-state index contributed by atoms with van der Waals surface area (Å²) in [6.07, 6.45) is 3.52. The van der Waals surface area contributed by atoms with Crippen LogP contribution in [-0.4, -0.2) is 75.7 Å². The van der Waals surface area contributed by atoms with Gasteiger partial charge in [-0.25, -0.2) is 0 Å². The van der Waals surface area contributed by atoms with E-state index in [1.54, 1.807) is 12.5 Å². The molecule has 34 heavy (non-hydrogen) atoms. The van der Waals surface area contributed by atoms with Gasteiger partial charge in [-0.15, -0.1) is 8.80 Å². The standard InChI is InChI=1S/C20H26N6O4S4/c1-31-19(23-33(27,28)17-7-3-15(21)4-8-17)25-11-13-26(14-12-25)20(32-2)24-34(29,30)18-9-5-16(22)6-10-18/h3-10H,11-14,21-22H2,1-2H3/b23-19+,24-20+. The zero-order valence-electron chi connectivity index (χ0n) is 18.7. The first-order valence-electron chi connectivity index (χ1n) is 10.0. The minimum absolute atomic E-state index is 0.0663. The van der Waals surface area contributed by atoms with Crippen LogP contribution in [0.4, 0.5) is 11.4 Å². The lowest BCUT2D eigenvalue weighted by Gasteiger charge is -2.36. The summed E-state index contributed by atoms with van der Waals surface area (Å²) in [5.74, 6) is 0. The fourth-order valence-electron chi connectivity index (χ4n) is 3.13. The number of nitrogen functional groups attached to an aromatic ring is 2. The Morgan fingerprint density at radius 1 is 0.676 bits per heavy atom. The second-order valence-electron chi connectivity index (χ2n) is 7.22. The second-order valence-corrected chi connectivity index (χ2v) is 12.0. The molecule has 1 aliphatic rings. The minimum atomic E-state index is -3.89. The van der Waals surface area contributed by atoms with Crippen molar-refractivity contribution in [2.45, 2.75) is 9.79 Å². The SMILES string of the molecule is CS/C(=N/S(=O)(=O)c1ccc(N)cc1)N1CCN(/C(=N\S(=O)(=O)c2ccc(N)cc2)SC)CC1. The normalized spacial score (nSPS) is 16.1. The summed E-state index contributed by atoms with van der Waals surface area (Å²) < 4.78 is 58.9. The zero-order chi connectivity index (χ0) is 24.9. The molecule has 0 spiro atoms. The third kappa shape index (κ3) is 6.37. The maximum absolute atomic E-state index is 12.7. The van der Waals surface area contributed by atoms with Crippen molar-refractivity contribution in [3.8, 4) is 0 Å². The molecule has 1 saturated heterocycles. The molecule has 1 fully saturated rings. The van der Waals surface area contributed by atoms with Crippen LogP contribution < -0.4 is 11.5 Å². The summed E-state index contributed by atoms with van der Waals surface area (Å²) in [6.45, 7) is 1.83. The fourth-order valence-corrected chi connectivity index (χ4v) is 7.01. The Hall–Kier alpha value is -2.42. The molecule has 4 N–H and O–H groups in total. The van der Waals surface area contributed by atoms with Gasteiger partial charge in [-0.1, -0.05) is 23.5 Å². The van der Waals surface area contributed by atoms with Crippen molar-refractivity contribution in [2.75, 3.05) is 50.2 Å². The number of nitrogens with zero attached hydrogens (tertiary/aromatic N) is 4. The molecule has 0 amide bonds. The molecule has 10 nitrogen and oxygen atoms in total. The smallest absolute Gasteiger partial charge is 0.284 e. The van der Waals surface area contributed by atoms with Crippen molar-refractivity contribution in [2.24, 2.45) is 8.80 Å². The Bertz CT molecular complexity index is 1170. The van der Waals surface area contributed by atoms with E-state index >= 15 is 0 Å². The number of nitrogens with two attached hydrogens (primary N) is 2. The van der Waals surface area contributed by atoms with Crippen LogP contribution in [0.15, 0.2) is 67.1 Å². The molecule has 2 aromatic rings. The first-order chi connectivity index (χ1) is 16.1. The molecule has 0 atom stereocenters. The van der Waals surface area contributed by atoms with Gasteiger partial charge in [-0.2, -0.15) is 16.8 Å². The molecule has 3 rings (SSSR count). The van der Waals surface area contributed by atoms with Gasteiger partial charge in [-0.3, -0.25) is 0 Å². The number of anilines is 2. The van der Waals surface area contributed by atoms with Gasteiger partial charge in [0.05, 0.1) is 9.79 Å². The monoisotopic (exact) mass is 542 g/mol. The predicted molar refractivity (Wildman–Crippen MR) is 141 cm³/mol. The van der Waals surface area contributed by atoms with Crippen molar-refractivity contribution < 1.29 is 16.8 Å². The lowest BCUT2D eigenvalue weighted by atomic mass is 10.3. The van der Waals surface area contributed by atoms with Gasteiger partial charge in [0.25, 0.3) is 20.0 Å².